The van der Waals surface area contributed by atoms with E-state index in [4.69, 9.17) is 4.42 Å². The Morgan fingerprint density at radius 1 is 1.11 bits per heavy atom. The number of furan rings is 1. The van der Waals surface area contributed by atoms with Crippen molar-refractivity contribution >= 4 is 11.8 Å². The highest BCUT2D eigenvalue weighted by atomic mass is 16.3. The fraction of sp³-hybridized carbons (Fsp3) is 0.455. The van der Waals surface area contributed by atoms with Gasteiger partial charge in [0.2, 0.25) is 11.8 Å². The first kappa shape index (κ1) is 20.1. The second-order valence-electron chi connectivity index (χ2n) is 7.54. The van der Waals surface area contributed by atoms with E-state index in [0.717, 1.165) is 32.4 Å². The Labute approximate surface area is 166 Å². The number of hydrogen-bond acceptors (Lipinski definition) is 4. The predicted octanol–water partition coefficient (Wildman–Crippen LogP) is 2.31. The van der Waals surface area contributed by atoms with Crippen molar-refractivity contribution in [3.05, 3.63) is 60.1 Å². The number of piperidine rings is 1. The molecule has 2 aromatic rings. The number of carbonyl (C=O) groups is 2. The van der Waals surface area contributed by atoms with Gasteiger partial charge < -0.3 is 14.6 Å². The third kappa shape index (κ3) is 6.23. The van der Waals surface area contributed by atoms with Crippen LogP contribution >= 0.6 is 0 Å². The summed E-state index contributed by atoms with van der Waals surface area (Å²) < 4.78 is 5.19. The summed E-state index contributed by atoms with van der Waals surface area (Å²) in [6.07, 6.45) is 4.73. The molecule has 6 heteroatoms. The minimum Gasteiger partial charge on any atom is -0.467 e. The van der Waals surface area contributed by atoms with Gasteiger partial charge in [-0.1, -0.05) is 30.3 Å². The molecule has 0 saturated carbocycles. The summed E-state index contributed by atoms with van der Waals surface area (Å²) in [5.41, 5.74) is 1.37. The molecule has 6 nitrogen and oxygen atoms in total. The van der Waals surface area contributed by atoms with Gasteiger partial charge in [-0.05, 0) is 49.9 Å². The number of nitrogens with one attached hydrogen (secondary N) is 1. The molecule has 1 aliphatic rings. The molecule has 0 radical (unpaired) electrons. The van der Waals surface area contributed by atoms with E-state index >= 15 is 0 Å². The molecular weight excluding hydrogens is 354 g/mol. The maximum Gasteiger partial charge on any atom is 0.236 e. The van der Waals surface area contributed by atoms with Gasteiger partial charge in [-0.15, -0.1) is 0 Å². The molecule has 2 amide bonds. The maximum absolute atomic E-state index is 12.5. The lowest BCUT2D eigenvalue weighted by Crippen LogP contribution is -2.45. The van der Waals surface area contributed by atoms with Crippen LogP contribution in [0.1, 0.15) is 24.2 Å². The van der Waals surface area contributed by atoms with Gasteiger partial charge in [0.1, 0.15) is 5.76 Å². The van der Waals surface area contributed by atoms with Crippen LogP contribution in [0.25, 0.3) is 0 Å². The average molecular weight is 383 g/mol. The lowest BCUT2D eigenvalue weighted by Gasteiger charge is -2.33. The summed E-state index contributed by atoms with van der Waals surface area (Å²) in [4.78, 5) is 28.2. The number of carbonyl (C=O) groups excluding carboxylic acids is 2. The number of rotatable bonds is 8. The molecule has 1 aromatic heterocycles. The predicted molar refractivity (Wildman–Crippen MR) is 108 cm³/mol. The molecule has 0 unspecified atom stereocenters. The number of likely N-dealkylation sites (tertiary alicyclic amines) is 1. The van der Waals surface area contributed by atoms with Gasteiger partial charge in [0, 0.05) is 13.1 Å². The number of hydrogen-bond donors (Lipinski definition) is 1. The molecule has 0 atom stereocenters. The molecule has 1 fully saturated rings. The van der Waals surface area contributed by atoms with Gasteiger partial charge in [0.25, 0.3) is 0 Å². The van der Waals surface area contributed by atoms with Crippen molar-refractivity contribution in [2.75, 3.05) is 33.2 Å². The van der Waals surface area contributed by atoms with Crippen LogP contribution in [0, 0.1) is 5.92 Å². The Bertz CT molecular complexity index is 738. The zero-order valence-electron chi connectivity index (χ0n) is 16.5. The van der Waals surface area contributed by atoms with Crippen molar-refractivity contribution in [2.24, 2.45) is 5.92 Å². The summed E-state index contributed by atoms with van der Waals surface area (Å²) in [5, 5.41) is 2.80. The molecule has 1 aromatic carbocycles. The molecule has 3 rings (SSSR count). The van der Waals surface area contributed by atoms with Crippen LogP contribution in [0.3, 0.4) is 0 Å². The van der Waals surface area contributed by atoms with E-state index in [-0.39, 0.29) is 24.9 Å². The fourth-order valence-electron chi connectivity index (χ4n) is 3.62. The molecule has 150 valence electrons. The van der Waals surface area contributed by atoms with Gasteiger partial charge in [-0.25, -0.2) is 0 Å². The Hall–Kier alpha value is -2.60. The zero-order chi connectivity index (χ0) is 19.8. The van der Waals surface area contributed by atoms with Gasteiger partial charge in [-0.2, -0.15) is 0 Å². The summed E-state index contributed by atoms with van der Waals surface area (Å²) in [7, 11) is 1.80. The van der Waals surface area contributed by atoms with Gasteiger partial charge in [0.15, 0.2) is 0 Å². The summed E-state index contributed by atoms with van der Waals surface area (Å²) in [6.45, 7) is 2.42. The van der Waals surface area contributed by atoms with E-state index < -0.39 is 0 Å². The van der Waals surface area contributed by atoms with E-state index in [1.807, 2.05) is 17.0 Å². The normalized spacial score (nSPS) is 15.0. The number of likely N-dealkylation sites (N-methyl/N-ethyl adjacent to an activating group) is 1. The molecule has 1 aliphatic heterocycles. The second kappa shape index (κ2) is 10.1. The van der Waals surface area contributed by atoms with Gasteiger partial charge in [0.05, 0.1) is 25.9 Å². The molecule has 0 aliphatic carbocycles. The first-order chi connectivity index (χ1) is 13.6. The third-order valence-corrected chi connectivity index (χ3v) is 5.19. The van der Waals surface area contributed by atoms with Crippen LogP contribution in [-0.4, -0.2) is 54.8 Å². The highest BCUT2D eigenvalue weighted by Gasteiger charge is 2.24. The van der Waals surface area contributed by atoms with E-state index in [9.17, 15) is 9.59 Å². The monoisotopic (exact) mass is 383 g/mol. The van der Waals surface area contributed by atoms with Gasteiger partial charge >= 0.3 is 0 Å². The maximum atomic E-state index is 12.5. The van der Waals surface area contributed by atoms with Crippen molar-refractivity contribution in [3.63, 3.8) is 0 Å². The van der Waals surface area contributed by atoms with Crippen molar-refractivity contribution in [1.82, 2.24) is 15.1 Å². The van der Waals surface area contributed by atoms with Crippen LogP contribution in [0.4, 0.5) is 0 Å². The first-order valence-electron chi connectivity index (χ1n) is 9.89. The standard InChI is InChI=1S/C22H29N3O3/c1-24(16-21(26)23-15-20-8-5-13-28-20)17-22(27)25-11-9-19(10-12-25)14-18-6-3-2-4-7-18/h2-8,13,19H,9-12,14-17H2,1H3,(H,23,26). The number of benzene rings is 1. The van der Waals surface area contributed by atoms with E-state index in [2.05, 4.69) is 29.6 Å². The second-order valence-corrected chi connectivity index (χ2v) is 7.54. The van der Waals surface area contributed by atoms with Crippen LogP contribution < -0.4 is 5.32 Å². The topological polar surface area (TPSA) is 65.8 Å². The van der Waals surface area contributed by atoms with Crippen LogP contribution in [0.5, 0.6) is 0 Å². The first-order valence-corrected chi connectivity index (χ1v) is 9.89. The van der Waals surface area contributed by atoms with Crippen LogP contribution in [0.2, 0.25) is 0 Å². The minimum absolute atomic E-state index is 0.0968. The van der Waals surface area contributed by atoms with Crippen molar-refractivity contribution in [3.8, 4) is 0 Å². The summed E-state index contributed by atoms with van der Waals surface area (Å²) in [6, 6.07) is 14.1. The number of amides is 2. The zero-order valence-corrected chi connectivity index (χ0v) is 16.5. The largest absolute Gasteiger partial charge is 0.467 e. The Morgan fingerprint density at radius 2 is 1.86 bits per heavy atom. The van der Waals surface area contributed by atoms with Crippen molar-refractivity contribution in [1.29, 1.82) is 0 Å². The smallest absolute Gasteiger partial charge is 0.236 e. The highest BCUT2D eigenvalue weighted by molar-refractivity contribution is 5.81. The summed E-state index contributed by atoms with van der Waals surface area (Å²) >= 11 is 0. The van der Waals surface area contributed by atoms with E-state index in [0.29, 0.717) is 18.2 Å². The average Bonchev–Trinajstić information content (AvgIpc) is 3.21. The van der Waals surface area contributed by atoms with Crippen molar-refractivity contribution in [2.45, 2.75) is 25.8 Å². The SMILES string of the molecule is CN(CC(=O)NCc1ccco1)CC(=O)N1CCC(Cc2ccccc2)CC1. The van der Waals surface area contributed by atoms with E-state index in [1.165, 1.54) is 5.56 Å². The molecule has 28 heavy (non-hydrogen) atoms. The molecule has 0 bridgehead atoms. The lowest BCUT2D eigenvalue weighted by atomic mass is 9.90. The van der Waals surface area contributed by atoms with Crippen molar-refractivity contribution < 1.29 is 14.0 Å². The quantitative estimate of drug-likeness (QED) is 0.760. The fourth-order valence-corrected chi connectivity index (χ4v) is 3.62. The van der Waals surface area contributed by atoms with Crippen LogP contribution in [0.15, 0.2) is 53.1 Å². The Kier molecular flexibility index (Phi) is 7.25. The molecule has 0 spiro atoms. The summed E-state index contributed by atoms with van der Waals surface area (Å²) in [5.74, 6) is 1.33. The Balaban J connectivity index is 1.34. The molecular formula is C22H29N3O3. The molecule has 2 heterocycles. The molecule has 1 N–H and O–H groups in total. The van der Waals surface area contributed by atoms with Gasteiger partial charge in [-0.3, -0.25) is 14.5 Å². The van der Waals surface area contributed by atoms with Crippen LogP contribution in [-0.2, 0) is 22.6 Å². The minimum atomic E-state index is -0.117. The Morgan fingerprint density at radius 3 is 2.54 bits per heavy atom. The molecule has 1 saturated heterocycles. The lowest BCUT2D eigenvalue weighted by molar-refractivity contribution is -0.134. The van der Waals surface area contributed by atoms with E-state index in [1.54, 1.807) is 24.3 Å². The number of nitrogens with zero attached hydrogens (tertiary/aromatic N) is 2. The third-order valence-electron chi connectivity index (χ3n) is 5.19. The highest BCUT2D eigenvalue weighted by Crippen LogP contribution is 2.21.